The lowest BCUT2D eigenvalue weighted by atomic mass is 10.1. The second-order valence-electron chi connectivity index (χ2n) is 6.17. The normalized spacial score (nSPS) is 10.4. The van der Waals surface area contributed by atoms with Crippen molar-refractivity contribution in [3.05, 3.63) is 71.3 Å². The highest BCUT2D eigenvalue weighted by Gasteiger charge is 2.06. The molecule has 0 aliphatic carbocycles. The zero-order valence-corrected chi connectivity index (χ0v) is 14.7. The van der Waals surface area contributed by atoms with Crippen LogP contribution in [0.1, 0.15) is 35.3 Å². The topological polar surface area (TPSA) is 70.2 Å². The van der Waals surface area contributed by atoms with E-state index >= 15 is 0 Å². The van der Waals surface area contributed by atoms with E-state index in [-0.39, 0.29) is 18.0 Å². The molecule has 5 heteroatoms. The van der Waals surface area contributed by atoms with Crippen molar-refractivity contribution < 1.29 is 9.59 Å². The molecular weight excluding hydrogens is 314 g/mol. The van der Waals surface area contributed by atoms with Crippen LogP contribution in [0.4, 0.5) is 4.79 Å². The average molecular weight is 339 g/mol. The molecule has 3 N–H and O–H groups in total. The van der Waals surface area contributed by atoms with Crippen LogP contribution in [-0.2, 0) is 13.0 Å². The van der Waals surface area contributed by atoms with Gasteiger partial charge in [0.2, 0.25) is 0 Å². The van der Waals surface area contributed by atoms with Gasteiger partial charge in [0.05, 0.1) is 0 Å². The lowest BCUT2D eigenvalue weighted by molar-refractivity contribution is 0.0954. The standard InChI is InChI=1S/C20H25N3O2/c1-15(2)23-20(25)22-14-17-8-10-18(11-9-17)19(24)21-13-12-16-6-4-3-5-7-16/h3-11,15H,12-14H2,1-2H3,(H,21,24)(H2,22,23,25). The smallest absolute Gasteiger partial charge is 0.315 e. The van der Waals surface area contributed by atoms with Crippen molar-refractivity contribution in [3.8, 4) is 0 Å². The van der Waals surface area contributed by atoms with Crippen molar-refractivity contribution in [3.63, 3.8) is 0 Å². The summed E-state index contributed by atoms with van der Waals surface area (Å²) in [6.07, 6.45) is 0.805. The summed E-state index contributed by atoms with van der Waals surface area (Å²) in [6.45, 7) is 4.84. The first kappa shape index (κ1) is 18.5. The number of carbonyl (C=O) groups is 2. The Labute approximate surface area is 148 Å². The Bertz CT molecular complexity index is 682. The third kappa shape index (κ3) is 6.67. The monoisotopic (exact) mass is 339 g/mol. The molecule has 2 aromatic rings. The van der Waals surface area contributed by atoms with E-state index in [1.54, 1.807) is 12.1 Å². The van der Waals surface area contributed by atoms with Gasteiger partial charge in [0.25, 0.3) is 5.91 Å². The van der Waals surface area contributed by atoms with E-state index in [9.17, 15) is 9.59 Å². The van der Waals surface area contributed by atoms with Crippen LogP contribution in [0.5, 0.6) is 0 Å². The Balaban J connectivity index is 1.76. The van der Waals surface area contributed by atoms with Crippen LogP contribution in [0.25, 0.3) is 0 Å². The summed E-state index contributed by atoms with van der Waals surface area (Å²) in [5, 5.41) is 8.47. The fraction of sp³-hybridized carbons (Fsp3) is 0.300. The molecule has 132 valence electrons. The Hall–Kier alpha value is -2.82. The van der Waals surface area contributed by atoms with Gasteiger partial charge in [-0.1, -0.05) is 42.5 Å². The Morgan fingerprint density at radius 2 is 1.56 bits per heavy atom. The Morgan fingerprint density at radius 1 is 0.880 bits per heavy atom. The number of amides is 3. The molecular formula is C20H25N3O2. The SMILES string of the molecule is CC(C)NC(=O)NCc1ccc(C(=O)NCCc2ccccc2)cc1. The van der Waals surface area contributed by atoms with Gasteiger partial charge in [-0.15, -0.1) is 0 Å². The molecule has 0 aliphatic heterocycles. The molecule has 0 unspecified atom stereocenters. The largest absolute Gasteiger partial charge is 0.352 e. The average Bonchev–Trinajstić information content (AvgIpc) is 2.60. The third-order valence-electron chi connectivity index (χ3n) is 3.63. The fourth-order valence-corrected chi connectivity index (χ4v) is 2.34. The third-order valence-corrected chi connectivity index (χ3v) is 3.63. The first-order chi connectivity index (χ1) is 12.0. The number of urea groups is 1. The van der Waals surface area contributed by atoms with E-state index in [0.717, 1.165) is 12.0 Å². The summed E-state index contributed by atoms with van der Waals surface area (Å²) < 4.78 is 0. The summed E-state index contributed by atoms with van der Waals surface area (Å²) in [5.41, 5.74) is 2.76. The highest BCUT2D eigenvalue weighted by Crippen LogP contribution is 2.05. The summed E-state index contributed by atoms with van der Waals surface area (Å²) in [7, 11) is 0. The van der Waals surface area contributed by atoms with Crippen LogP contribution < -0.4 is 16.0 Å². The van der Waals surface area contributed by atoms with Crippen LogP contribution in [-0.4, -0.2) is 24.5 Å². The maximum Gasteiger partial charge on any atom is 0.315 e. The minimum Gasteiger partial charge on any atom is -0.352 e. The molecule has 3 amide bonds. The van der Waals surface area contributed by atoms with Crippen molar-refractivity contribution in [2.75, 3.05) is 6.54 Å². The van der Waals surface area contributed by atoms with Crippen LogP contribution >= 0.6 is 0 Å². The Kier molecular flexibility index (Phi) is 7.01. The van der Waals surface area contributed by atoms with E-state index in [1.165, 1.54) is 5.56 Å². The number of hydrogen-bond acceptors (Lipinski definition) is 2. The molecule has 0 aromatic heterocycles. The highest BCUT2D eigenvalue weighted by molar-refractivity contribution is 5.94. The summed E-state index contributed by atoms with van der Waals surface area (Å²) >= 11 is 0. The van der Waals surface area contributed by atoms with Gasteiger partial charge in [-0.25, -0.2) is 4.79 Å². The van der Waals surface area contributed by atoms with Gasteiger partial charge in [0.1, 0.15) is 0 Å². The van der Waals surface area contributed by atoms with E-state index in [4.69, 9.17) is 0 Å². The summed E-state index contributed by atoms with van der Waals surface area (Å²) in [6, 6.07) is 17.2. The van der Waals surface area contributed by atoms with Gasteiger partial charge >= 0.3 is 6.03 Å². The molecule has 0 heterocycles. The van der Waals surface area contributed by atoms with E-state index in [1.807, 2.05) is 56.3 Å². The molecule has 2 rings (SSSR count). The molecule has 0 fully saturated rings. The van der Waals surface area contributed by atoms with Crippen LogP contribution in [0.15, 0.2) is 54.6 Å². The quantitative estimate of drug-likeness (QED) is 0.726. The molecule has 0 bridgehead atoms. The first-order valence-electron chi connectivity index (χ1n) is 8.50. The maximum atomic E-state index is 12.1. The van der Waals surface area contributed by atoms with Gasteiger partial charge in [0.15, 0.2) is 0 Å². The highest BCUT2D eigenvalue weighted by atomic mass is 16.2. The van der Waals surface area contributed by atoms with Gasteiger partial charge in [0, 0.05) is 24.7 Å². The van der Waals surface area contributed by atoms with Crippen molar-refractivity contribution in [1.82, 2.24) is 16.0 Å². The predicted molar refractivity (Wildman–Crippen MR) is 99.4 cm³/mol. The zero-order chi connectivity index (χ0) is 18.1. The molecule has 25 heavy (non-hydrogen) atoms. The molecule has 2 aromatic carbocycles. The van der Waals surface area contributed by atoms with E-state index < -0.39 is 0 Å². The molecule has 0 radical (unpaired) electrons. The first-order valence-corrected chi connectivity index (χ1v) is 8.50. The molecule has 0 aliphatic rings. The van der Waals surface area contributed by atoms with Crippen LogP contribution in [0.3, 0.4) is 0 Å². The summed E-state index contributed by atoms with van der Waals surface area (Å²) in [5.74, 6) is -0.0898. The predicted octanol–water partition coefficient (Wildman–Crippen LogP) is 2.87. The van der Waals surface area contributed by atoms with E-state index in [2.05, 4.69) is 16.0 Å². The minimum absolute atomic E-state index is 0.0898. The lowest BCUT2D eigenvalue weighted by Gasteiger charge is -2.10. The number of benzene rings is 2. The second-order valence-corrected chi connectivity index (χ2v) is 6.17. The molecule has 0 saturated heterocycles. The summed E-state index contributed by atoms with van der Waals surface area (Å²) in [4.78, 5) is 23.7. The van der Waals surface area contributed by atoms with Crippen LogP contribution in [0.2, 0.25) is 0 Å². The van der Waals surface area contributed by atoms with Crippen LogP contribution in [0, 0.1) is 0 Å². The number of hydrogen-bond donors (Lipinski definition) is 3. The van der Waals surface area contributed by atoms with E-state index in [0.29, 0.717) is 18.7 Å². The lowest BCUT2D eigenvalue weighted by Crippen LogP contribution is -2.39. The van der Waals surface area contributed by atoms with Crippen molar-refractivity contribution in [2.24, 2.45) is 0 Å². The van der Waals surface area contributed by atoms with Gasteiger partial charge in [-0.2, -0.15) is 0 Å². The molecule has 0 saturated carbocycles. The van der Waals surface area contributed by atoms with Crippen molar-refractivity contribution >= 4 is 11.9 Å². The number of rotatable bonds is 7. The zero-order valence-electron chi connectivity index (χ0n) is 14.7. The molecule has 0 atom stereocenters. The van der Waals surface area contributed by atoms with Gasteiger partial charge in [-0.3, -0.25) is 4.79 Å². The molecule has 0 spiro atoms. The van der Waals surface area contributed by atoms with Gasteiger partial charge < -0.3 is 16.0 Å². The number of nitrogens with one attached hydrogen (secondary N) is 3. The van der Waals surface area contributed by atoms with Gasteiger partial charge in [-0.05, 0) is 43.5 Å². The van der Waals surface area contributed by atoms with Crippen molar-refractivity contribution in [2.45, 2.75) is 32.9 Å². The molecule has 5 nitrogen and oxygen atoms in total. The Morgan fingerprint density at radius 3 is 2.20 bits per heavy atom. The maximum absolute atomic E-state index is 12.1. The minimum atomic E-state index is -0.197. The number of carbonyl (C=O) groups excluding carboxylic acids is 2. The second kappa shape index (κ2) is 9.47. The van der Waals surface area contributed by atoms with Crippen molar-refractivity contribution in [1.29, 1.82) is 0 Å². The fourth-order valence-electron chi connectivity index (χ4n) is 2.34.